The molecule has 2 aromatic rings. The molecule has 0 aliphatic heterocycles. The molecule has 0 atom stereocenters. The first-order valence-electron chi connectivity index (χ1n) is 4.36. The summed E-state index contributed by atoms with van der Waals surface area (Å²) in [5, 5.41) is 8.70. The molecule has 15 heavy (non-hydrogen) atoms. The molecule has 76 valence electrons. The number of hydrogen-bond acceptors (Lipinski definition) is 4. The van der Waals surface area contributed by atoms with Crippen molar-refractivity contribution in [1.29, 1.82) is 5.26 Å². The molecule has 5 nitrogen and oxygen atoms in total. The van der Waals surface area contributed by atoms with Crippen LogP contribution in [0.2, 0.25) is 0 Å². The van der Waals surface area contributed by atoms with E-state index in [0.717, 1.165) is 5.52 Å². The van der Waals surface area contributed by atoms with Gasteiger partial charge >= 0.3 is 5.76 Å². The fourth-order valence-electron chi connectivity index (χ4n) is 1.39. The van der Waals surface area contributed by atoms with Gasteiger partial charge in [0.15, 0.2) is 11.8 Å². The van der Waals surface area contributed by atoms with Gasteiger partial charge in [0.1, 0.15) is 0 Å². The van der Waals surface area contributed by atoms with Crippen LogP contribution in [0, 0.1) is 11.5 Å². The number of nitriles is 1. The number of oxazole rings is 1. The van der Waals surface area contributed by atoms with Gasteiger partial charge in [-0.25, -0.2) is 4.79 Å². The van der Waals surface area contributed by atoms with Crippen molar-refractivity contribution >= 4 is 16.8 Å². The van der Waals surface area contributed by atoms with Crippen molar-refractivity contribution in [2.75, 3.05) is 11.9 Å². The summed E-state index contributed by atoms with van der Waals surface area (Å²) in [6.07, 6.45) is 1.97. The molecular formula is C10H9N3O2. The summed E-state index contributed by atoms with van der Waals surface area (Å²) < 4.78 is 6.43. The molecule has 1 aromatic carbocycles. The molecule has 0 saturated heterocycles. The number of aryl methyl sites for hydroxylation is 1. The number of anilines is 1. The molecule has 0 unspecified atom stereocenters. The summed E-state index contributed by atoms with van der Waals surface area (Å²) in [6.45, 7) is 0. The molecule has 0 bridgehead atoms. The number of aromatic nitrogens is 1. The van der Waals surface area contributed by atoms with E-state index in [9.17, 15) is 4.79 Å². The molecule has 0 N–H and O–H groups in total. The van der Waals surface area contributed by atoms with Crippen LogP contribution in [0.1, 0.15) is 0 Å². The minimum absolute atomic E-state index is 0.401. The topological polar surface area (TPSA) is 62.2 Å². The molecule has 0 fully saturated rings. The summed E-state index contributed by atoms with van der Waals surface area (Å²) in [4.78, 5) is 12.6. The van der Waals surface area contributed by atoms with E-state index in [4.69, 9.17) is 9.68 Å². The Morgan fingerprint density at radius 2 is 2.27 bits per heavy atom. The van der Waals surface area contributed by atoms with Gasteiger partial charge in [0.2, 0.25) is 0 Å². The van der Waals surface area contributed by atoms with Crippen LogP contribution >= 0.6 is 0 Å². The Morgan fingerprint density at radius 3 is 2.93 bits per heavy atom. The molecule has 0 radical (unpaired) electrons. The van der Waals surface area contributed by atoms with Crippen LogP contribution in [-0.4, -0.2) is 11.6 Å². The maximum absolute atomic E-state index is 11.2. The SMILES string of the molecule is CN(C#N)c1ccc2c(c1)oc(=O)n2C. The van der Waals surface area contributed by atoms with Crippen LogP contribution in [0.15, 0.2) is 27.4 Å². The van der Waals surface area contributed by atoms with E-state index in [1.165, 1.54) is 9.47 Å². The third kappa shape index (κ3) is 1.36. The van der Waals surface area contributed by atoms with Crippen molar-refractivity contribution in [1.82, 2.24) is 4.57 Å². The van der Waals surface area contributed by atoms with E-state index in [1.807, 2.05) is 6.19 Å². The standard InChI is InChI=1S/C10H9N3O2/c1-12(6-11)7-3-4-8-9(5-7)15-10(14)13(8)2/h3-5H,1-2H3. The minimum Gasteiger partial charge on any atom is -0.408 e. The zero-order valence-corrected chi connectivity index (χ0v) is 8.39. The molecule has 0 spiro atoms. The Labute approximate surface area is 85.7 Å². The number of nitrogens with zero attached hydrogens (tertiary/aromatic N) is 3. The third-order valence-corrected chi connectivity index (χ3v) is 2.31. The van der Waals surface area contributed by atoms with Crippen LogP contribution < -0.4 is 10.7 Å². The van der Waals surface area contributed by atoms with Gasteiger partial charge in [-0.15, -0.1) is 0 Å². The van der Waals surface area contributed by atoms with Crippen molar-refractivity contribution in [3.63, 3.8) is 0 Å². The second kappa shape index (κ2) is 3.17. The van der Waals surface area contributed by atoms with Gasteiger partial charge in [0, 0.05) is 20.2 Å². The van der Waals surface area contributed by atoms with E-state index < -0.39 is 5.76 Å². The summed E-state index contributed by atoms with van der Waals surface area (Å²) in [7, 11) is 3.28. The van der Waals surface area contributed by atoms with Crippen molar-refractivity contribution in [2.24, 2.45) is 7.05 Å². The van der Waals surface area contributed by atoms with E-state index in [2.05, 4.69) is 0 Å². The highest BCUT2D eigenvalue weighted by atomic mass is 16.4. The summed E-state index contributed by atoms with van der Waals surface area (Å²) in [6, 6.07) is 5.18. The maximum atomic E-state index is 11.2. The molecule has 0 amide bonds. The van der Waals surface area contributed by atoms with Crippen LogP contribution in [0.25, 0.3) is 11.1 Å². The number of rotatable bonds is 1. The molecule has 0 aliphatic carbocycles. The summed E-state index contributed by atoms with van der Waals surface area (Å²) >= 11 is 0. The Bertz CT molecular complexity index is 603. The van der Waals surface area contributed by atoms with Gasteiger partial charge in [-0.3, -0.25) is 9.47 Å². The highest BCUT2D eigenvalue weighted by molar-refractivity contribution is 5.78. The van der Waals surface area contributed by atoms with Gasteiger partial charge in [0.25, 0.3) is 0 Å². The Hall–Kier alpha value is -2.22. The highest BCUT2D eigenvalue weighted by Crippen LogP contribution is 2.19. The third-order valence-electron chi connectivity index (χ3n) is 2.31. The lowest BCUT2D eigenvalue weighted by atomic mass is 10.2. The summed E-state index contributed by atoms with van der Waals surface area (Å²) in [5.74, 6) is -0.401. The first-order chi connectivity index (χ1) is 7.13. The van der Waals surface area contributed by atoms with E-state index >= 15 is 0 Å². The molecule has 0 saturated carbocycles. The Balaban J connectivity index is 2.68. The van der Waals surface area contributed by atoms with Crippen LogP contribution in [0.5, 0.6) is 0 Å². The van der Waals surface area contributed by atoms with Crippen molar-refractivity contribution in [3.05, 3.63) is 28.7 Å². The zero-order valence-electron chi connectivity index (χ0n) is 8.39. The van der Waals surface area contributed by atoms with E-state index in [0.29, 0.717) is 11.3 Å². The molecule has 1 heterocycles. The van der Waals surface area contributed by atoms with Gasteiger partial charge < -0.3 is 4.42 Å². The Morgan fingerprint density at radius 1 is 1.53 bits per heavy atom. The largest absolute Gasteiger partial charge is 0.419 e. The quantitative estimate of drug-likeness (QED) is 0.513. The van der Waals surface area contributed by atoms with Crippen molar-refractivity contribution in [2.45, 2.75) is 0 Å². The van der Waals surface area contributed by atoms with E-state index in [-0.39, 0.29) is 0 Å². The molecular weight excluding hydrogens is 194 g/mol. The van der Waals surface area contributed by atoms with E-state index in [1.54, 1.807) is 32.3 Å². The van der Waals surface area contributed by atoms with Gasteiger partial charge in [0.05, 0.1) is 11.2 Å². The first-order valence-corrected chi connectivity index (χ1v) is 4.36. The second-order valence-corrected chi connectivity index (χ2v) is 3.24. The number of hydrogen-bond donors (Lipinski definition) is 0. The second-order valence-electron chi connectivity index (χ2n) is 3.24. The molecule has 1 aromatic heterocycles. The lowest BCUT2D eigenvalue weighted by Crippen LogP contribution is -2.08. The predicted octanol–water partition coefficient (Wildman–Crippen LogP) is 1.05. The minimum atomic E-state index is -0.401. The lowest BCUT2D eigenvalue weighted by Gasteiger charge is -2.07. The van der Waals surface area contributed by atoms with Gasteiger partial charge in [-0.05, 0) is 12.1 Å². The van der Waals surface area contributed by atoms with Crippen molar-refractivity contribution < 1.29 is 4.42 Å². The first kappa shape index (κ1) is 9.34. The zero-order chi connectivity index (χ0) is 11.0. The fraction of sp³-hybridized carbons (Fsp3) is 0.200. The van der Waals surface area contributed by atoms with Crippen LogP contribution in [-0.2, 0) is 7.05 Å². The normalized spacial score (nSPS) is 10.2. The predicted molar refractivity (Wildman–Crippen MR) is 55.5 cm³/mol. The number of fused-ring (bicyclic) bond motifs is 1. The monoisotopic (exact) mass is 203 g/mol. The molecule has 5 heteroatoms. The maximum Gasteiger partial charge on any atom is 0.419 e. The van der Waals surface area contributed by atoms with Gasteiger partial charge in [-0.1, -0.05) is 0 Å². The number of benzene rings is 1. The smallest absolute Gasteiger partial charge is 0.408 e. The van der Waals surface area contributed by atoms with Crippen LogP contribution in [0.4, 0.5) is 5.69 Å². The van der Waals surface area contributed by atoms with Gasteiger partial charge in [-0.2, -0.15) is 5.26 Å². The lowest BCUT2D eigenvalue weighted by molar-refractivity contribution is 0.528. The van der Waals surface area contributed by atoms with Crippen molar-refractivity contribution in [3.8, 4) is 6.19 Å². The summed E-state index contributed by atoms with van der Waals surface area (Å²) in [5.41, 5.74) is 1.90. The highest BCUT2D eigenvalue weighted by Gasteiger charge is 2.07. The fourth-order valence-corrected chi connectivity index (χ4v) is 1.39. The van der Waals surface area contributed by atoms with Crippen LogP contribution in [0.3, 0.4) is 0 Å². The Kier molecular flexibility index (Phi) is 1.97. The average molecular weight is 203 g/mol. The average Bonchev–Trinajstić information content (AvgIpc) is 2.53. The molecule has 2 rings (SSSR count). The molecule has 0 aliphatic rings.